The van der Waals surface area contributed by atoms with Crippen LogP contribution in [0.4, 0.5) is 28.0 Å². The summed E-state index contributed by atoms with van der Waals surface area (Å²) >= 11 is 3.33. The average molecular weight is 558 g/mol. The maximum absolute atomic E-state index is 13.7. The highest BCUT2D eigenvalue weighted by molar-refractivity contribution is 9.10. The van der Waals surface area contributed by atoms with Crippen LogP contribution in [0.5, 0.6) is 0 Å². The van der Waals surface area contributed by atoms with Crippen LogP contribution in [-0.2, 0) is 18.1 Å². The van der Waals surface area contributed by atoms with Gasteiger partial charge in [-0.2, -0.15) is 13.2 Å². The van der Waals surface area contributed by atoms with Crippen molar-refractivity contribution < 1.29 is 22.4 Å². The molecule has 0 aliphatic heterocycles. The molecule has 1 atom stereocenters. The number of anilines is 1. The molecule has 0 bridgehead atoms. The van der Waals surface area contributed by atoms with E-state index in [1.165, 1.54) is 42.6 Å². The fraction of sp³-hybridized carbons (Fsp3) is 0.111. The van der Waals surface area contributed by atoms with Gasteiger partial charge in [-0.15, -0.1) is 0 Å². The molecule has 0 radical (unpaired) electrons. The van der Waals surface area contributed by atoms with Crippen molar-refractivity contribution in [3.63, 3.8) is 0 Å². The third kappa shape index (κ3) is 5.91. The van der Waals surface area contributed by atoms with Crippen LogP contribution in [0.2, 0.25) is 0 Å². The van der Waals surface area contributed by atoms with Crippen molar-refractivity contribution in [1.82, 2.24) is 10.3 Å². The summed E-state index contributed by atoms with van der Waals surface area (Å²) in [4.78, 5) is 17.7. The lowest BCUT2D eigenvalue weighted by molar-refractivity contribution is -0.137. The fourth-order valence-corrected chi connectivity index (χ4v) is 4.14. The predicted octanol–water partition coefficient (Wildman–Crippen LogP) is 7.31. The third-order valence-corrected chi connectivity index (χ3v) is 6.06. The third-order valence-electron chi connectivity index (χ3n) is 5.59. The van der Waals surface area contributed by atoms with E-state index in [9.17, 15) is 22.4 Å². The Balaban J connectivity index is 1.86. The Bertz CT molecular complexity index is 1330. The minimum Gasteiger partial charge on any atom is -0.322 e. The molecule has 0 saturated heterocycles. The van der Waals surface area contributed by atoms with Crippen LogP contribution in [0.1, 0.15) is 22.4 Å². The number of hydrogen-bond acceptors (Lipinski definition) is 2. The molecular weight excluding hydrogens is 538 g/mol. The first-order chi connectivity index (χ1) is 17.2. The zero-order valence-electron chi connectivity index (χ0n) is 18.7. The number of carbonyl (C=O) groups excluding carboxylic acids is 1. The number of aromatic nitrogens is 1. The molecule has 1 heterocycles. The first-order valence-corrected chi connectivity index (χ1v) is 11.6. The van der Waals surface area contributed by atoms with E-state index in [2.05, 4.69) is 31.5 Å². The minimum atomic E-state index is -4.59. The van der Waals surface area contributed by atoms with Crippen LogP contribution < -0.4 is 10.6 Å². The summed E-state index contributed by atoms with van der Waals surface area (Å²) in [6, 6.07) is 21.7. The lowest BCUT2D eigenvalue weighted by atomic mass is 9.80. The number of alkyl halides is 3. The maximum Gasteiger partial charge on any atom is 0.416 e. The summed E-state index contributed by atoms with van der Waals surface area (Å²) in [6.07, 6.45) is -2.96. The Morgan fingerprint density at radius 2 is 1.56 bits per heavy atom. The van der Waals surface area contributed by atoms with Gasteiger partial charge < -0.3 is 10.6 Å². The van der Waals surface area contributed by atoms with Crippen molar-refractivity contribution >= 4 is 27.6 Å². The summed E-state index contributed by atoms with van der Waals surface area (Å²) in [6.45, 7) is 0. The molecule has 0 spiro atoms. The molecule has 4 nitrogen and oxygen atoms in total. The summed E-state index contributed by atoms with van der Waals surface area (Å²) < 4.78 is 55.0. The van der Waals surface area contributed by atoms with Crippen molar-refractivity contribution in [2.75, 3.05) is 5.32 Å². The van der Waals surface area contributed by atoms with Gasteiger partial charge in [0, 0.05) is 22.8 Å². The molecule has 0 aliphatic carbocycles. The normalized spacial score (nSPS) is 13.0. The van der Waals surface area contributed by atoms with Gasteiger partial charge in [0.25, 0.3) is 0 Å². The molecule has 36 heavy (non-hydrogen) atoms. The minimum absolute atomic E-state index is 0.112. The van der Waals surface area contributed by atoms with Gasteiger partial charge in [-0.3, -0.25) is 4.98 Å². The van der Waals surface area contributed by atoms with Crippen LogP contribution >= 0.6 is 15.9 Å². The number of nitrogens with zero attached hydrogens (tertiary/aromatic N) is 1. The predicted molar refractivity (Wildman–Crippen MR) is 133 cm³/mol. The molecule has 184 valence electrons. The second-order valence-corrected chi connectivity index (χ2v) is 9.01. The second-order valence-electron chi connectivity index (χ2n) is 8.09. The summed E-state index contributed by atoms with van der Waals surface area (Å²) in [5, 5.41) is 5.51. The number of urea groups is 1. The van der Waals surface area contributed by atoms with E-state index in [4.69, 9.17) is 0 Å². The number of amides is 2. The molecule has 0 aliphatic rings. The SMILES string of the molecule is O=C(Nc1ccc(F)cc1)NC(Cc1ccccc1)(c1cccc(C(F)(F)F)c1)c1ccc(Br)cn1. The Morgan fingerprint density at radius 3 is 2.19 bits per heavy atom. The average Bonchev–Trinajstić information content (AvgIpc) is 2.85. The highest BCUT2D eigenvalue weighted by Gasteiger charge is 2.40. The van der Waals surface area contributed by atoms with Crippen molar-refractivity contribution in [3.8, 4) is 0 Å². The lowest BCUT2D eigenvalue weighted by Gasteiger charge is -2.36. The number of pyridine rings is 1. The van der Waals surface area contributed by atoms with E-state index in [1.807, 2.05) is 18.2 Å². The van der Waals surface area contributed by atoms with Crippen LogP contribution in [-0.4, -0.2) is 11.0 Å². The van der Waals surface area contributed by atoms with Crippen molar-refractivity contribution in [1.29, 1.82) is 0 Å². The number of carbonyl (C=O) groups is 1. The van der Waals surface area contributed by atoms with E-state index >= 15 is 0 Å². The van der Waals surface area contributed by atoms with E-state index in [-0.39, 0.29) is 12.0 Å². The Morgan fingerprint density at radius 1 is 0.861 bits per heavy atom. The van der Waals surface area contributed by atoms with Gasteiger partial charge in [0.15, 0.2) is 0 Å². The molecule has 3 aromatic carbocycles. The summed E-state index contributed by atoms with van der Waals surface area (Å²) in [7, 11) is 0. The highest BCUT2D eigenvalue weighted by atomic mass is 79.9. The van der Waals surface area contributed by atoms with E-state index in [0.29, 0.717) is 15.9 Å². The Hall–Kier alpha value is -3.72. The Kier molecular flexibility index (Phi) is 7.40. The first kappa shape index (κ1) is 25.4. The molecule has 4 aromatic rings. The lowest BCUT2D eigenvalue weighted by Crippen LogP contribution is -2.50. The molecular formula is C27H20BrF4N3O. The standard InChI is InChI=1S/C27H20BrF4N3O/c28-21-9-14-24(33-17-21)26(16-18-5-2-1-3-6-18,19-7-4-8-20(15-19)27(30,31)32)35-25(36)34-23-12-10-22(29)11-13-23/h1-15,17H,16H2,(H2,34,35,36). The van der Waals surface area contributed by atoms with Crippen LogP contribution in [0.3, 0.4) is 0 Å². The maximum atomic E-state index is 13.7. The van der Waals surface area contributed by atoms with Gasteiger partial charge in [-0.25, -0.2) is 9.18 Å². The number of halogens is 5. The molecule has 2 N–H and O–H groups in total. The Labute approximate surface area is 213 Å². The van der Waals surface area contributed by atoms with Gasteiger partial charge in [-0.05, 0) is 75.6 Å². The first-order valence-electron chi connectivity index (χ1n) is 10.8. The van der Waals surface area contributed by atoms with Crippen LogP contribution in [0.25, 0.3) is 0 Å². The zero-order valence-corrected chi connectivity index (χ0v) is 20.3. The van der Waals surface area contributed by atoms with Crippen LogP contribution in [0, 0.1) is 5.82 Å². The fourth-order valence-electron chi connectivity index (χ4n) is 3.90. The molecule has 4 rings (SSSR count). The van der Waals surface area contributed by atoms with Crippen molar-refractivity contribution in [3.05, 3.63) is 130 Å². The zero-order chi connectivity index (χ0) is 25.8. The molecule has 9 heteroatoms. The second kappa shape index (κ2) is 10.5. The van der Waals surface area contributed by atoms with Gasteiger partial charge in [0.2, 0.25) is 0 Å². The molecule has 1 aromatic heterocycles. The van der Waals surface area contributed by atoms with E-state index in [1.54, 1.807) is 24.3 Å². The van der Waals surface area contributed by atoms with Gasteiger partial charge in [0.05, 0.1) is 11.3 Å². The molecule has 0 saturated carbocycles. The largest absolute Gasteiger partial charge is 0.416 e. The number of rotatable bonds is 6. The van der Waals surface area contributed by atoms with E-state index in [0.717, 1.165) is 17.7 Å². The molecule has 0 fully saturated rings. The monoisotopic (exact) mass is 557 g/mol. The molecule has 2 amide bonds. The number of benzene rings is 3. The van der Waals surface area contributed by atoms with E-state index < -0.39 is 29.1 Å². The summed E-state index contributed by atoms with van der Waals surface area (Å²) in [5.41, 5.74) is -0.714. The van der Waals surface area contributed by atoms with Gasteiger partial charge >= 0.3 is 12.2 Å². The van der Waals surface area contributed by atoms with Crippen molar-refractivity contribution in [2.24, 2.45) is 0 Å². The summed E-state index contributed by atoms with van der Waals surface area (Å²) in [5.74, 6) is -0.470. The highest BCUT2D eigenvalue weighted by Crippen LogP contribution is 2.37. The molecule has 1 unspecified atom stereocenters. The number of hydrogen-bond donors (Lipinski definition) is 2. The van der Waals surface area contributed by atoms with Crippen molar-refractivity contribution in [2.45, 2.75) is 18.1 Å². The van der Waals surface area contributed by atoms with Crippen LogP contribution in [0.15, 0.2) is 102 Å². The quantitative estimate of drug-likeness (QED) is 0.244. The van der Waals surface area contributed by atoms with Gasteiger partial charge in [0.1, 0.15) is 11.4 Å². The van der Waals surface area contributed by atoms with Gasteiger partial charge in [-0.1, -0.05) is 42.5 Å². The number of nitrogens with one attached hydrogen (secondary N) is 2. The smallest absolute Gasteiger partial charge is 0.322 e. The topological polar surface area (TPSA) is 54.0 Å².